The maximum absolute atomic E-state index is 13.0. The minimum atomic E-state index is -0.266. The van der Waals surface area contributed by atoms with Gasteiger partial charge in [0.15, 0.2) is 0 Å². The molecule has 3 aromatic heterocycles. The largest absolute Gasteiger partial charge is 0.481 e. The van der Waals surface area contributed by atoms with Crippen molar-refractivity contribution >= 4 is 51.4 Å². The smallest absolute Gasteiger partial charge is 0.278 e. The zero-order valence-electron chi connectivity index (χ0n) is 24.9. The molecular formula is C33H31Cl2N7O3. The van der Waals surface area contributed by atoms with Crippen LogP contribution in [0.15, 0.2) is 65.6 Å². The van der Waals surface area contributed by atoms with Crippen molar-refractivity contribution in [2.24, 2.45) is 7.05 Å². The molecule has 12 heteroatoms. The van der Waals surface area contributed by atoms with Crippen molar-refractivity contribution in [2.45, 2.75) is 32.4 Å². The number of carbonyl (C=O) groups excluding carboxylic acids is 1. The molecule has 0 radical (unpaired) electrons. The number of aromatic nitrogens is 4. The van der Waals surface area contributed by atoms with Crippen LogP contribution in [0.4, 0.5) is 11.5 Å². The van der Waals surface area contributed by atoms with Crippen LogP contribution in [0, 0.1) is 6.92 Å². The highest BCUT2D eigenvalue weighted by Crippen LogP contribution is 2.42. The van der Waals surface area contributed by atoms with Gasteiger partial charge in [0, 0.05) is 65.9 Å². The lowest BCUT2D eigenvalue weighted by Gasteiger charge is -2.16. The predicted molar refractivity (Wildman–Crippen MR) is 177 cm³/mol. The van der Waals surface area contributed by atoms with E-state index in [4.69, 9.17) is 32.9 Å². The SMILES string of the molecule is COc1nc(-c2cccc(-c3cccc(Nc4nc(C)cc5cnn(C)c(=O)c45)c3Cl)c2Cl)ccc1CNC[C@H]1CCC(=O)N1. The van der Waals surface area contributed by atoms with Crippen LogP contribution in [-0.2, 0) is 18.4 Å². The molecule has 4 heterocycles. The summed E-state index contributed by atoms with van der Waals surface area (Å²) in [5.41, 5.74) is 4.72. The third-order valence-corrected chi connectivity index (χ3v) is 8.61. The summed E-state index contributed by atoms with van der Waals surface area (Å²) in [6.07, 6.45) is 3.04. The number of ether oxygens (including phenoxy) is 1. The number of benzene rings is 2. The molecule has 1 fully saturated rings. The van der Waals surface area contributed by atoms with Gasteiger partial charge < -0.3 is 20.7 Å². The number of amides is 1. The van der Waals surface area contributed by atoms with Crippen molar-refractivity contribution in [3.63, 3.8) is 0 Å². The lowest BCUT2D eigenvalue weighted by Crippen LogP contribution is -2.35. The Morgan fingerprint density at radius 1 is 1.02 bits per heavy atom. The fourth-order valence-electron chi connectivity index (χ4n) is 5.52. The van der Waals surface area contributed by atoms with Gasteiger partial charge in [0.2, 0.25) is 11.8 Å². The van der Waals surface area contributed by atoms with E-state index < -0.39 is 0 Å². The fraction of sp³-hybridized carbons (Fsp3) is 0.242. The van der Waals surface area contributed by atoms with Gasteiger partial charge in [-0.15, -0.1) is 0 Å². The summed E-state index contributed by atoms with van der Waals surface area (Å²) < 4.78 is 6.90. The summed E-state index contributed by atoms with van der Waals surface area (Å²) in [5, 5.41) is 15.8. The lowest BCUT2D eigenvalue weighted by atomic mass is 10.00. The van der Waals surface area contributed by atoms with Gasteiger partial charge in [0.1, 0.15) is 5.82 Å². The topological polar surface area (TPSA) is 123 Å². The van der Waals surface area contributed by atoms with E-state index in [1.807, 2.05) is 61.5 Å². The number of nitrogens with zero attached hydrogens (tertiary/aromatic N) is 4. The highest BCUT2D eigenvalue weighted by Gasteiger charge is 2.21. The second-order valence-electron chi connectivity index (χ2n) is 10.9. The third-order valence-electron chi connectivity index (χ3n) is 7.80. The first-order valence-electron chi connectivity index (χ1n) is 14.5. The van der Waals surface area contributed by atoms with Crippen molar-refractivity contribution in [3.05, 3.63) is 92.5 Å². The Balaban J connectivity index is 1.29. The number of anilines is 2. The molecule has 0 saturated carbocycles. The summed E-state index contributed by atoms with van der Waals surface area (Å²) in [4.78, 5) is 33.8. The molecule has 0 spiro atoms. The molecule has 1 saturated heterocycles. The van der Waals surface area contributed by atoms with Gasteiger partial charge >= 0.3 is 0 Å². The summed E-state index contributed by atoms with van der Waals surface area (Å²) in [7, 11) is 3.18. The number of aryl methyl sites for hydroxylation is 2. The van der Waals surface area contributed by atoms with E-state index in [0.717, 1.165) is 28.8 Å². The van der Waals surface area contributed by atoms with Crippen LogP contribution in [0.3, 0.4) is 0 Å². The number of methoxy groups -OCH3 is 1. The second-order valence-corrected chi connectivity index (χ2v) is 11.7. The monoisotopic (exact) mass is 643 g/mol. The Morgan fingerprint density at radius 2 is 1.78 bits per heavy atom. The first-order chi connectivity index (χ1) is 21.7. The predicted octanol–water partition coefficient (Wildman–Crippen LogP) is 5.79. The molecule has 6 rings (SSSR count). The molecule has 0 aliphatic carbocycles. The van der Waals surface area contributed by atoms with E-state index in [1.165, 1.54) is 4.68 Å². The first kappa shape index (κ1) is 30.5. The van der Waals surface area contributed by atoms with Crippen LogP contribution < -0.4 is 26.2 Å². The molecule has 1 amide bonds. The number of pyridine rings is 2. The number of fused-ring (bicyclic) bond motifs is 1. The number of rotatable bonds is 9. The molecule has 1 aliphatic rings. The molecule has 1 atom stereocenters. The quantitative estimate of drug-likeness (QED) is 0.184. The molecule has 3 N–H and O–H groups in total. The second kappa shape index (κ2) is 12.8. The summed E-state index contributed by atoms with van der Waals surface area (Å²) in [6, 6.07) is 17.1. The normalized spacial score (nSPS) is 14.5. The zero-order chi connectivity index (χ0) is 31.7. The minimum absolute atomic E-state index is 0.0931. The Hall–Kier alpha value is -4.51. The van der Waals surface area contributed by atoms with Crippen LogP contribution in [0.2, 0.25) is 10.0 Å². The van der Waals surface area contributed by atoms with E-state index in [-0.39, 0.29) is 17.5 Å². The van der Waals surface area contributed by atoms with E-state index in [1.54, 1.807) is 20.4 Å². The number of nitrogens with one attached hydrogen (secondary N) is 3. The van der Waals surface area contributed by atoms with Crippen LogP contribution in [0.1, 0.15) is 24.1 Å². The molecule has 0 unspecified atom stereocenters. The van der Waals surface area contributed by atoms with E-state index in [2.05, 4.69) is 26.0 Å². The number of halogens is 2. The summed E-state index contributed by atoms with van der Waals surface area (Å²) in [6.45, 7) is 3.07. The van der Waals surface area contributed by atoms with Gasteiger partial charge in [-0.3, -0.25) is 9.59 Å². The number of carbonyl (C=O) groups is 1. The van der Waals surface area contributed by atoms with Crippen molar-refractivity contribution in [3.8, 4) is 28.3 Å². The van der Waals surface area contributed by atoms with E-state index in [9.17, 15) is 9.59 Å². The van der Waals surface area contributed by atoms with Gasteiger partial charge in [-0.2, -0.15) is 5.10 Å². The molecule has 10 nitrogen and oxygen atoms in total. The number of hydrogen-bond acceptors (Lipinski definition) is 8. The molecular weight excluding hydrogens is 613 g/mol. The maximum atomic E-state index is 13.0. The van der Waals surface area contributed by atoms with Gasteiger partial charge in [-0.25, -0.2) is 14.6 Å². The van der Waals surface area contributed by atoms with Crippen LogP contribution >= 0.6 is 23.2 Å². The molecule has 5 aromatic rings. The van der Waals surface area contributed by atoms with E-state index >= 15 is 0 Å². The highest BCUT2D eigenvalue weighted by molar-refractivity contribution is 6.39. The summed E-state index contributed by atoms with van der Waals surface area (Å²) in [5.74, 6) is 0.974. The highest BCUT2D eigenvalue weighted by atomic mass is 35.5. The molecule has 45 heavy (non-hydrogen) atoms. The first-order valence-corrected chi connectivity index (χ1v) is 15.2. The van der Waals surface area contributed by atoms with Crippen molar-refractivity contribution in [1.29, 1.82) is 0 Å². The molecule has 230 valence electrons. The Morgan fingerprint density at radius 3 is 2.53 bits per heavy atom. The Labute approximate surface area is 269 Å². The Kier molecular flexibility index (Phi) is 8.71. The third kappa shape index (κ3) is 6.22. The van der Waals surface area contributed by atoms with Crippen molar-refractivity contribution in [2.75, 3.05) is 19.0 Å². The fourth-order valence-corrected chi connectivity index (χ4v) is 6.12. The van der Waals surface area contributed by atoms with Gasteiger partial charge in [-0.1, -0.05) is 59.6 Å². The lowest BCUT2D eigenvalue weighted by molar-refractivity contribution is -0.119. The average Bonchev–Trinajstić information content (AvgIpc) is 3.45. The van der Waals surface area contributed by atoms with E-state index in [0.29, 0.717) is 69.0 Å². The molecule has 0 bridgehead atoms. The standard InChI is InChI=1S/C33H31Cl2N7O3/c1-18-14-20-16-37-42(2)33(44)28(20)31(38-18)40-26-9-5-7-23(30(26)35)22-6-4-8-24(29(22)34)25-12-10-19(32(41-25)45-3)15-36-17-21-11-13-27(43)39-21/h4-10,12,14,16,21,36H,11,13,15,17H2,1-3H3,(H,38,40)(H,39,43)/t21-/m1/s1. The zero-order valence-corrected chi connectivity index (χ0v) is 26.5. The number of hydrogen-bond donors (Lipinski definition) is 3. The maximum Gasteiger partial charge on any atom is 0.278 e. The van der Waals surface area contributed by atoms with Crippen LogP contribution in [0.25, 0.3) is 33.2 Å². The summed E-state index contributed by atoms with van der Waals surface area (Å²) >= 11 is 14.0. The van der Waals surface area contributed by atoms with Gasteiger partial charge in [-0.05, 0) is 31.5 Å². The van der Waals surface area contributed by atoms with Crippen molar-refractivity contribution < 1.29 is 9.53 Å². The van der Waals surface area contributed by atoms with Gasteiger partial charge in [0.25, 0.3) is 5.56 Å². The average molecular weight is 645 g/mol. The van der Waals surface area contributed by atoms with Gasteiger partial charge in [0.05, 0.1) is 40.1 Å². The molecule has 2 aromatic carbocycles. The Bertz CT molecular complexity index is 2000. The van der Waals surface area contributed by atoms with Crippen molar-refractivity contribution in [1.82, 2.24) is 30.4 Å². The molecule has 1 aliphatic heterocycles. The minimum Gasteiger partial charge on any atom is -0.481 e. The van der Waals surface area contributed by atoms with Crippen LogP contribution in [0.5, 0.6) is 5.88 Å². The van der Waals surface area contributed by atoms with Crippen LogP contribution in [-0.4, -0.2) is 45.4 Å².